The molecule has 0 spiro atoms. The molecule has 2 aliphatic rings. The summed E-state index contributed by atoms with van der Waals surface area (Å²) in [5.41, 5.74) is -2.68. The first-order chi connectivity index (χ1) is 21.8. The zero-order valence-electron chi connectivity index (χ0n) is 24.2. The molecule has 0 N–H and O–H groups in total. The van der Waals surface area contributed by atoms with Crippen LogP contribution in [0.15, 0.2) is 126 Å². The minimum absolute atomic E-state index is 0.0692. The topological polar surface area (TPSA) is 46.6 Å². The van der Waals surface area contributed by atoms with Crippen molar-refractivity contribution < 1.29 is 39.5 Å². The predicted molar refractivity (Wildman–Crippen MR) is 160 cm³/mol. The molecule has 0 amide bonds. The van der Waals surface area contributed by atoms with E-state index in [-0.39, 0.29) is 22.9 Å². The van der Waals surface area contributed by atoms with Crippen LogP contribution in [0.5, 0.6) is 0 Å². The van der Waals surface area contributed by atoms with Crippen LogP contribution in [0.2, 0.25) is 0 Å². The summed E-state index contributed by atoms with van der Waals surface area (Å²) in [7, 11) is -3.90. The number of benzene rings is 4. The van der Waals surface area contributed by atoms with E-state index in [2.05, 4.69) is 0 Å². The molecule has 0 aromatic heterocycles. The normalized spacial score (nSPS) is 23.5. The molecule has 4 unspecified atom stereocenters. The molecule has 4 nitrogen and oxygen atoms in total. The molecular formula is C35H29F6NO3S. The lowest BCUT2D eigenvalue weighted by atomic mass is 9.80. The van der Waals surface area contributed by atoms with Crippen LogP contribution in [-0.2, 0) is 45.6 Å². The quantitative estimate of drug-likeness (QED) is 0.142. The summed E-state index contributed by atoms with van der Waals surface area (Å²) in [4.78, 5) is 2.20. The fraction of sp³-hybridized carbons (Fsp3) is 0.257. The molecule has 0 radical (unpaired) electrons. The van der Waals surface area contributed by atoms with E-state index >= 15 is 0 Å². The maximum Gasteiger partial charge on any atom is 0.416 e. The van der Waals surface area contributed by atoms with Crippen molar-refractivity contribution in [3.63, 3.8) is 0 Å². The number of ether oxygens (including phenoxy) is 1. The van der Waals surface area contributed by atoms with Gasteiger partial charge in [0.15, 0.2) is 9.84 Å². The number of nitrogens with zero attached hydrogens (tertiary/aromatic N) is 1. The SMILES string of the molecule is O=S(=O)(c1ccccc1)C1CC2(c3ccccc3)C(OCc3cc(C(F)(F)F)cc(C(F)(F)F)c3)C=CC1N2Cc1ccccc1. The second-order valence-electron chi connectivity index (χ2n) is 11.5. The minimum atomic E-state index is -5.00. The van der Waals surface area contributed by atoms with E-state index in [1.54, 1.807) is 42.5 Å². The summed E-state index contributed by atoms with van der Waals surface area (Å²) < 4.78 is 116. The molecule has 4 aromatic carbocycles. The third-order valence-corrected chi connectivity index (χ3v) is 10.9. The molecule has 0 aliphatic carbocycles. The average Bonchev–Trinajstić information content (AvgIpc) is 3.25. The van der Waals surface area contributed by atoms with Crippen LogP contribution in [0.1, 0.15) is 34.2 Å². The first kappa shape index (κ1) is 32.0. The minimum Gasteiger partial charge on any atom is -0.367 e. The second-order valence-corrected chi connectivity index (χ2v) is 13.7. The molecule has 11 heteroatoms. The molecule has 240 valence electrons. The third-order valence-electron chi connectivity index (χ3n) is 8.74. The standard InChI is InChI=1S/C35H29F6NO3S/c36-34(37,38)27-18-25(19-28(20-27)35(39,40)41)23-45-32-17-16-30-31(46(43,44)29-14-8-3-9-15-29)21-33(32,26-12-6-2-7-13-26)42(30)22-24-10-4-1-5-11-24/h1-20,30-32H,21-23H2. The first-order valence-electron chi connectivity index (χ1n) is 14.5. The number of rotatable bonds is 8. The number of sulfone groups is 1. The van der Waals surface area contributed by atoms with Gasteiger partial charge in [-0.15, -0.1) is 0 Å². The van der Waals surface area contributed by atoms with Crippen LogP contribution >= 0.6 is 0 Å². The van der Waals surface area contributed by atoms with Gasteiger partial charge in [-0.1, -0.05) is 91.0 Å². The van der Waals surface area contributed by atoms with E-state index in [1.165, 1.54) is 12.1 Å². The number of fused-ring (bicyclic) bond motifs is 2. The van der Waals surface area contributed by atoms with Crippen molar-refractivity contribution in [2.24, 2.45) is 0 Å². The Morgan fingerprint density at radius 3 is 1.83 bits per heavy atom. The Morgan fingerprint density at radius 2 is 1.26 bits per heavy atom. The molecule has 6 rings (SSSR count). The van der Waals surface area contributed by atoms with Crippen LogP contribution < -0.4 is 0 Å². The number of alkyl halides is 6. The largest absolute Gasteiger partial charge is 0.416 e. The van der Waals surface area contributed by atoms with Gasteiger partial charge in [0.05, 0.1) is 39.5 Å². The van der Waals surface area contributed by atoms with Gasteiger partial charge in [0, 0.05) is 12.6 Å². The molecule has 1 fully saturated rings. The number of hydrogen-bond acceptors (Lipinski definition) is 4. The number of hydrogen-bond donors (Lipinski definition) is 0. The van der Waals surface area contributed by atoms with Crippen molar-refractivity contribution in [1.82, 2.24) is 4.90 Å². The van der Waals surface area contributed by atoms with Crippen molar-refractivity contribution >= 4 is 9.84 Å². The van der Waals surface area contributed by atoms with Gasteiger partial charge in [-0.2, -0.15) is 26.3 Å². The van der Waals surface area contributed by atoms with Crippen LogP contribution in [0.25, 0.3) is 0 Å². The number of halogens is 6. The zero-order valence-corrected chi connectivity index (χ0v) is 25.1. The molecule has 1 saturated heterocycles. The van der Waals surface area contributed by atoms with Crippen molar-refractivity contribution in [3.8, 4) is 0 Å². The van der Waals surface area contributed by atoms with Gasteiger partial charge in [-0.25, -0.2) is 8.42 Å². The van der Waals surface area contributed by atoms with Crippen LogP contribution in [0, 0.1) is 0 Å². The van der Waals surface area contributed by atoms with E-state index in [0.717, 1.165) is 11.1 Å². The Kier molecular flexibility index (Phi) is 8.37. The summed E-state index contributed by atoms with van der Waals surface area (Å²) in [6.45, 7) is -0.260. The molecule has 2 heterocycles. The van der Waals surface area contributed by atoms with Crippen LogP contribution in [0.4, 0.5) is 26.3 Å². The maximum absolute atomic E-state index is 14.2. The Bertz CT molecular complexity index is 1780. The lowest BCUT2D eigenvalue weighted by Crippen LogP contribution is -2.54. The Balaban J connectivity index is 1.45. The average molecular weight is 658 g/mol. The van der Waals surface area contributed by atoms with Gasteiger partial charge in [-0.3, -0.25) is 4.90 Å². The fourth-order valence-corrected chi connectivity index (χ4v) is 8.62. The summed E-state index contributed by atoms with van der Waals surface area (Å²) >= 11 is 0. The van der Waals surface area contributed by atoms with Gasteiger partial charge in [0.1, 0.15) is 0 Å². The van der Waals surface area contributed by atoms with Gasteiger partial charge in [-0.05, 0) is 53.4 Å². The zero-order chi connectivity index (χ0) is 32.7. The lowest BCUT2D eigenvalue weighted by Gasteiger charge is -2.47. The van der Waals surface area contributed by atoms with E-state index in [9.17, 15) is 34.8 Å². The molecule has 4 aromatic rings. The molecular weight excluding hydrogens is 628 g/mol. The highest BCUT2D eigenvalue weighted by Crippen LogP contribution is 2.53. The Morgan fingerprint density at radius 1 is 0.717 bits per heavy atom. The third kappa shape index (κ3) is 5.99. The van der Waals surface area contributed by atoms with Crippen LogP contribution in [0.3, 0.4) is 0 Å². The van der Waals surface area contributed by atoms with Crippen LogP contribution in [-0.4, -0.2) is 30.7 Å². The van der Waals surface area contributed by atoms with Crippen molar-refractivity contribution in [2.75, 3.05) is 0 Å². The predicted octanol–water partition coefficient (Wildman–Crippen LogP) is 8.19. The fourth-order valence-electron chi connectivity index (χ4n) is 6.65. The summed E-state index contributed by atoms with van der Waals surface area (Å²) in [6.07, 6.45) is -7.43. The van der Waals surface area contributed by atoms with E-state index in [0.29, 0.717) is 18.7 Å². The van der Waals surface area contributed by atoms with Crippen molar-refractivity contribution in [2.45, 2.75) is 59.8 Å². The van der Waals surface area contributed by atoms with E-state index < -0.39 is 62.9 Å². The molecule has 0 saturated carbocycles. The summed E-state index contributed by atoms with van der Waals surface area (Å²) in [5.74, 6) is 0. The van der Waals surface area contributed by atoms with Crippen molar-refractivity contribution in [3.05, 3.63) is 149 Å². The second kappa shape index (κ2) is 12.0. The highest BCUT2D eigenvalue weighted by molar-refractivity contribution is 7.92. The molecule has 4 atom stereocenters. The summed E-state index contributed by atoms with van der Waals surface area (Å²) in [5, 5.41) is -0.922. The Labute approximate surface area is 262 Å². The first-order valence-corrected chi connectivity index (χ1v) is 16.1. The highest BCUT2D eigenvalue weighted by Gasteiger charge is 2.61. The molecule has 2 bridgehead atoms. The maximum atomic E-state index is 14.2. The van der Waals surface area contributed by atoms with Gasteiger partial charge < -0.3 is 4.74 Å². The molecule has 46 heavy (non-hydrogen) atoms. The van der Waals surface area contributed by atoms with Crippen molar-refractivity contribution in [1.29, 1.82) is 0 Å². The van der Waals surface area contributed by atoms with E-state index in [4.69, 9.17) is 4.74 Å². The smallest absolute Gasteiger partial charge is 0.367 e. The van der Waals surface area contributed by atoms with Gasteiger partial charge >= 0.3 is 12.4 Å². The Hall–Kier alpha value is -3.93. The van der Waals surface area contributed by atoms with E-state index in [1.807, 2.05) is 53.4 Å². The lowest BCUT2D eigenvalue weighted by molar-refractivity contribution is -0.143. The molecule has 2 aliphatic heterocycles. The van der Waals surface area contributed by atoms with Gasteiger partial charge in [0.25, 0.3) is 0 Å². The van der Waals surface area contributed by atoms with Gasteiger partial charge in [0.2, 0.25) is 0 Å². The summed E-state index contributed by atoms with van der Waals surface area (Å²) in [6, 6.07) is 27.4. The highest BCUT2D eigenvalue weighted by atomic mass is 32.2. The monoisotopic (exact) mass is 657 g/mol.